The molecule has 1 heterocycles. The fourth-order valence-electron chi connectivity index (χ4n) is 2.95. The molecule has 0 atom stereocenters. The Morgan fingerprint density at radius 3 is 2.77 bits per heavy atom. The molecule has 1 saturated carbocycles. The number of carbonyl (C=O) groups excluding carboxylic acids is 1. The maximum Gasteiger partial charge on any atom is 0.339 e. The minimum Gasteiger partial charge on any atom is -0.474 e. The van der Waals surface area contributed by atoms with Crippen molar-refractivity contribution in [1.82, 2.24) is 9.97 Å². The molecular formula is C19H22BrN3O3. The molecule has 0 aliphatic heterocycles. The minimum absolute atomic E-state index is 0.226. The number of aromatic nitrogens is 2. The van der Waals surface area contributed by atoms with Crippen LogP contribution in [0.1, 0.15) is 48.0 Å². The summed E-state index contributed by atoms with van der Waals surface area (Å²) >= 11 is 3.35. The predicted molar refractivity (Wildman–Crippen MR) is 103 cm³/mol. The smallest absolute Gasteiger partial charge is 0.339 e. The zero-order valence-corrected chi connectivity index (χ0v) is 16.5. The van der Waals surface area contributed by atoms with Crippen molar-refractivity contribution < 1.29 is 14.3 Å². The number of hydrogen-bond acceptors (Lipinski definition) is 6. The lowest BCUT2D eigenvalue weighted by atomic mass is 9.98. The molecule has 1 N–H and O–H groups in total. The van der Waals surface area contributed by atoms with Gasteiger partial charge in [0.05, 0.1) is 12.7 Å². The highest BCUT2D eigenvalue weighted by atomic mass is 79.9. The number of nitrogens with one attached hydrogen (secondary N) is 1. The summed E-state index contributed by atoms with van der Waals surface area (Å²) in [6, 6.07) is 5.31. The largest absolute Gasteiger partial charge is 0.474 e. The second-order valence-corrected chi connectivity index (χ2v) is 7.23. The molecule has 3 rings (SSSR count). The van der Waals surface area contributed by atoms with Gasteiger partial charge in [-0.25, -0.2) is 9.78 Å². The lowest BCUT2D eigenvalue weighted by molar-refractivity contribution is 0.0599. The Balaban J connectivity index is 1.77. The van der Waals surface area contributed by atoms with E-state index in [0.717, 1.165) is 18.4 Å². The maximum atomic E-state index is 11.8. The van der Waals surface area contributed by atoms with Gasteiger partial charge in [0.1, 0.15) is 6.10 Å². The summed E-state index contributed by atoms with van der Waals surface area (Å²) in [7, 11) is 1.35. The lowest BCUT2D eigenvalue weighted by Crippen LogP contribution is -2.21. The highest BCUT2D eigenvalue weighted by molar-refractivity contribution is 9.10. The molecule has 6 nitrogen and oxygen atoms in total. The van der Waals surface area contributed by atoms with E-state index >= 15 is 0 Å². The molecule has 138 valence electrons. The molecule has 26 heavy (non-hydrogen) atoms. The normalized spacial score (nSPS) is 14.7. The van der Waals surface area contributed by atoms with Gasteiger partial charge in [0.25, 0.3) is 0 Å². The third kappa shape index (κ3) is 4.52. The number of rotatable bonds is 5. The average Bonchev–Trinajstić information content (AvgIpc) is 2.66. The van der Waals surface area contributed by atoms with E-state index in [9.17, 15) is 4.79 Å². The molecule has 1 aromatic carbocycles. The molecule has 1 aromatic heterocycles. The first kappa shape index (κ1) is 18.6. The van der Waals surface area contributed by atoms with E-state index in [2.05, 4.69) is 31.2 Å². The predicted octanol–water partition coefficient (Wildman–Crippen LogP) is 4.79. The number of aryl methyl sites for hydroxylation is 1. The van der Waals surface area contributed by atoms with Crippen molar-refractivity contribution in [2.75, 3.05) is 12.4 Å². The molecule has 1 fully saturated rings. The average molecular weight is 420 g/mol. The number of hydrogen-bond donors (Lipinski definition) is 1. The van der Waals surface area contributed by atoms with Crippen LogP contribution in [0.3, 0.4) is 0 Å². The summed E-state index contributed by atoms with van der Waals surface area (Å²) in [4.78, 5) is 20.6. The van der Waals surface area contributed by atoms with Crippen LogP contribution in [0.2, 0.25) is 0 Å². The van der Waals surface area contributed by atoms with Gasteiger partial charge in [-0.3, -0.25) is 0 Å². The molecule has 2 aromatic rings. The van der Waals surface area contributed by atoms with E-state index < -0.39 is 5.97 Å². The Kier molecular flexibility index (Phi) is 6.08. The van der Waals surface area contributed by atoms with Crippen molar-refractivity contribution in [2.45, 2.75) is 45.1 Å². The molecule has 0 unspecified atom stereocenters. The number of ether oxygens (including phenoxy) is 2. The summed E-state index contributed by atoms with van der Waals surface area (Å²) in [5.74, 6) is 0.630. The quantitative estimate of drug-likeness (QED) is 0.702. The third-order valence-electron chi connectivity index (χ3n) is 4.38. The van der Waals surface area contributed by atoms with E-state index in [1.807, 2.05) is 13.0 Å². The van der Waals surface area contributed by atoms with E-state index in [1.165, 1.54) is 26.4 Å². The Morgan fingerprint density at radius 2 is 2.04 bits per heavy atom. The standard InChI is InChI=1S/C19H22BrN3O3/c1-12-11-21-19(23-17(12)26-14-6-4-3-5-7-14)22-13-8-9-16(20)15(10-13)18(24)25-2/h8-11,14H,3-7H2,1-2H3,(H,21,22,23). The Morgan fingerprint density at radius 1 is 1.27 bits per heavy atom. The lowest BCUT2D eigenvalue weighted by Gasteiger charge is -2.23. The molecular weight excluding hydrogens is 398 g/mol. The maximum absolute atomic E-state index is 11.8. The van der Waals surface area contributed by atoms with Crippen LogP contribution >= 0.6 is 15.9 Å². The second kappa shape index (κ2) is 8.49. The number of methoxy groups -OCH3 is 1. The van der Waals surface area contributed by atoms with Gasteiger partial charge in [0.2, 0.25) is 11.8 Å². The third-order valence-corrected chi connectivity index (χ3v) is 5.08. The van der Waals surface area contributed by atoms with Crippen LogP contribution in [0, 0.1) is 6.92 Å². The van der Waals surface area contributed by atoms with Crippen LogP contribution < -0.4 is 10.1 Å². The van der Waals surface area contributed by atoms with Gasteiger partial charge in [-0.05, 0) is 66.7 Å². The summed E-state index contributed by atoms with van der Waals surface area (Å²) in [6.45, 7) is 1.94. The number of nitrogens with zero attached hydrogens (tertiary/aromatic N) is 2. The first-order valence-electron chi connectivity index (χ1n) is 8.72. The SMILES string of the molecule is COC(=O)c1cc(Nc2ncc(C)c(OC3CCCCC3)n2)ccc1Br. The zero-order valence-electron chi connectivity index (χ0n) is 14.9. The second-order valence-electron chi connectivity index (χ2n) is 6.37. The molecule has 0 spiro atoms. The number of carbonyl (C=O) groups is 1. The van der Waals surface area contributed by atoms with Crippen LogP contribution in [-0.4, -0.2) is 29.2 Å². The number of halogens is 1. The highest BCUT2D eigenvalue weighted by Gasteiger charge is 2.17. The van der Waals surface area contributed by atoms with Crippen LogP contribution in [0.15, 0.2) is 28.9 Å². The van der Waals surface area contributed by atoms with Gasteiger partial charge in [-0.2, -0.15) is 4.98 Å². The van der Waals surface area contributed by atoms with Crippen molar-refractivity contribution in [1.29, 1.82) is 0 Å². The van der Waals surface area contributed by atoms with Crippen molar-refractivity contribution in [3.05, 3.63) is 40.0 Å². The first-order chi connectivity index (χ1) is 12.6. The summed E-state index contributed by atoms with van der Waals surface area (Å²) in [6.07, 6.45) is 7.80. The number of benzene rings is 1. The van der Waals surface area contributed by atoms with Crippen molar-refractivity contribution in [3.8, 4) is 5.88 Å². The van der Waals surface area contributed by atoms with Crippen molar-refractivity contribution in [2.24, 2.45) is 0 Å². The molecule has 0 bridgehead atoms. The number of esters is 1. The Bertz CT molecular complexity index is 792. The topological polar surface area (TPSA) is 73.3 Å². The zero-order chi connectivity index (χ0) is 18.5. The molecule has 1 aliphatic carbocycles. The van der Waals surface area contributed by atoms with Gasteiger partial charge in [0.15, 0.2) is 0 Å². The van der Waals surface area contributed by atoms with Crippen LogP contribution in [-0.2, 0) is 4.74 Å². The minimum atomic E-state index is -0.410. The Labute approximate surface area is 161 Å². The van der Waals surface area contributed by atoms with Crippen LogP contribution in [0.4, 0.5) is 11.6 Å². The van der Waals surface area contributed by atoms with E-state index in [1.54, 1.807) is 18.3 Å². The molecule has 0 saturated heterocycles. The fourth-order valence-corrected chi connectivity index (χ4v) is 3.35. The van der Waals surface area contributed by atoms with Gasteiger partial charge < -0.3 is 14.8 Å². The highest BCUT2D eigenvalue weighted by Crippen LogP contribution is 2.27. The van der Waals surface area contributed by atoms with Crippen molar-refractivity contribution in [3.63, 3.8) is 0 Å². The summed E-state index contributed by atoms with van der Waals surface area (Å²) < 4.78 is 11.6. The fraction of sp³-hybridized carbons (Fsp3) is 0.421. The Hall–Kier alpha value is -2.15. The van der Waals surface area contributed by atoms with Gasteiger partial charge in [-0.15, -0.1) is 0 Å². The molecule has 0 amide bonds. The first-order valence-corrected chi connectivity index (χ1v) is 9.51. The summed E-state index contributed by atoms with van der Waals surface area (Å²) in [5, 5.41) is 3.12. The molecule has 7 heteroatoms. The monoisotopic (exact) mass is 419 g/mol. The van der Waals surface area contributed by atoms with E-state index in [0.29, 0.717) is 27.6 Å². The van der Waals surface area contributed by atoms with E-state index in [-0.39, 0.29) is 6.10 Å². The molecule has 1 aliphatic rings. The van der Waals surface area contributed by atoms with E-state index in [4.69, 9.17) is 9.47 Å². The summed E-state index contributed by atoms with van der Waals surface area (Å²) in [5.41, 5.74) is 2.04. The van der Waals surface area contributed by atoms with Gasteiger partial charge in [0, 0.05) is 21.9 Å². The molecule has 0 radical (unpaired) electrons. The van der Waals surface area contributed by atoms with Gasteiger partial charge in [-0.1, -0.05) is 6.42 Å². The van der Waals surface area contributed by atoms with Crippen LogP contribution in [0.25, 0.3) is 0 Å². The van der Waals surface area contributed by atoms with Crippen LogP contribution in [0.5, 0.6) is 5.88 Å². The van der Waals surface area contributed by atoms with Crippen molar-refractivity contribution >= 4 is 33.5 Å². The van der Waals surface area contributed by atoms with Gasteiger partial charge >= 0.3 is 5.97 Å². The number of anilines is 2.